The molecular formula is C15H14BrF2N. The van der Waals surface area contributed by atoms with Gasteiger partial charge in [-0.05, 0) is 31.0 Å². The van der Waals surface area contributed by atoms with Crippen molar-refractivity contribution >= 4 is 15.9 Å². The van der Waals surface area contributed by atoms with Gasteiger partial charge >= 0.3 is 0 Å². The standard InChI is InChI=1S/C15H14BrF2N/c1-8-3-6-12(16)11(7-8)15(19)10-5-4-9(2)13(17)14(10)18/h3-7,15H,19H2,1-2H3. The van der Waals surface area contributed by atoms with E-state index in [1.807, 2.05) is 25.1 Å². The van der Waals surface area contributed by atoms with Gasteiger partial charge in [-0.2, -0.15) is 0 Å². The fourth-order valence-corrected chi connectivity index (χ4v) is 2.46. The molecule has 0 saturated heterocycles. The van der Waals surface area contributed by atoms with E-state index in [4.69, 9.17) is 5.73 Å². The molecule has 2 aromatic carbocycles. The Morgan fingerprint density at radius 3 is 2.37 bits per heavy atom. The zero-order valence-corrected chi connectivity index (χ0v) is 12.3. The summed E-state index contributed by atoms with van der Waals surface area (Å²) < 4.78 is 28.3. The molecule has 0 aromatic heterocycles. The number of halogens is 3. The smallest absolute Gasteiger partial charge is 0.164 e. The van der Waals surface area contributed by atoms with Gasteiger partial charge in [0.2, 0.25) is 0 Å². The van der Waals surface area contributed by atoms with Crippen molar-refractivity contribution in [1.82, 2.24) is 0 Å². The van der Waals surface area contributed by atoms with Crippen molar-refractivity contribution in [2.45, 2.75) is 19.9 Å². The Kier molecular flexibility index (Phi) is 4.02. The maximum atomic E-state index is 14.0. The molecule has 0 bridgehead atoms. The monoisotopic (exact) mass is 325 g/mol. The minimum Gasteiger partial charge on any atom is -0.320 e. The largest absolute Gasteiger partial charge is 0.320 e. The van der Waals surface area contributed by atoms with Crippen LogP contribution in [0.2, 0.25) is 0 Å². The third kappa shape index (κ3) is 2.69. The van der Waals surface area contributed by atoms with Crippen molar-refractivity contribution < 1.29 is 8.78 Å². The predicted octanol–water partition coefficient (Wildman–Crippen LogP) is 4.39. The van der Waals surface area contributed by atoms with Crippen LogP contribution in [0.3, 0.4) is 0 Å². The molecule has 0 heterocycles. The van der Waals surface area contributed by atoms with Crippen molar-refractivity contribution in [2.75, 3.05) is 0 Å². The number of rotatable bonds is 2. The molecule has 1 nitrogen and oxygen atoms in total. The highest BCUT2D eigenvalue weighted by molar-refractivity contribution is 9.10. The van der Waals surface area contributed by atoms with E-state index in [-0.39, 0.29) is 11.1 Å². The van der Waals surface area contributed by atoms with E-state index in [0.29, 0.717) is 0 Å². The average molecular weight is 326 g/mol. The van der Waals surface area contributed by atoms with Crippen LogP contribution in [0.25, 0.3) is 0 Å². The minimum atomic E-state index is -0.874. The Hall–Kier alpha value is -1.26. The van der Waals surface area contributed by atoms with Crippen molar-refractivity contribution in [3.8, 4) is 0 Å². The molecule has 0 aliphatic heterocycles. The van der Waals surface area contributed by atoms with Crippen LogP contribution >= 0.6 is 15.9 Å². The van der Waals surface area contributed by atoms with Crippen molar-refractivity contribution in [3.63, 3.8) is 0 Å². The van der Waals surface area contributed by atoms with Crippen LogP contribution in [0.5, 0.6) is 0 Å². The average Bonchev–Trinajstić information content (AvgIpc) is 2.38. The molecule has 2 aromatic rings. The summed E-state index contributed by atoms with van der Waals surface area (Å²) in [5, 5.41) is 0. The molecule has 0 amide bonds. The van der Waals surface area contributed by atoms with Crippen LogP contribution in [0.1, 0.15) is 28.3 Å². The first-order valence-electron chi connectivity index (χ1n) is 5.88. The maximum Gasteiger partial charge on any atom is 0.164 e. The number of hydrogen-bond acceptors (Lipinski definition) is 1. The van der Waals surface area contributed by atoms with Crippen LogP contribution in [0.4, 0.5) is 8.78 Å². The zero-order valence-electron chi connectivity index (χ0n) is 10.7. The van der Waals surface area contributed by atoms with E-state index in [0.717, 1.165) is 15.6 Å². The predicted molar refractivity (Wildman–Crippen MR) is 76.0 cm³/mol. The lowest BCUT2D eigenvalue weighted by Crippen LogP contribution is -2.15. The molecule has 0 radical (unpaired) electrons. The van der Waals surface area contributed by atoms with E-state index in [9.17, 15) is 8.78 Å². The summed E-state index contributed by atoms with van der Waals surface area (Å²) in [6.45, 7) is 3.45. The Labute approximate surface area is 119 Å². The molecule has 0 spiro atoms. The molecule has 0 fully saturated rings. The third-order valence-electron chi connectivity index (χ3n) is 3.13. The lowest BCUT2D eigenvalue weighted by Gasteiger charge is -2.16. The van der Waals surface area contributed by atoms with Gasteiger partial charge < -0.3 is 5.73 Å². The lowest BCUT2D eigenvalue weighted by molar-refractivity contribution is 0.489. The molecule has 2 N–H and O–H groups in total. The van der Waals surface area contributed by atoms with Gasteiger partial charge in [-0.15, -0.1) is 0 Å². The number of aryl methyl sites for hydroxylation is 2. The van der Waals surface area contributed by atoms with Crippen LogP contribution in [0.15, 0.2) is 34.8 Å². The SMILES string of the molecule is Cc1ccc(Br)c(C(N)c2ccc(C)c(F)c2F)c1. The lowest BCUT2D eigenvalue weighted by atomic mass is 9.96. The maximum absolute atomic E-state index is 14.0. The van der Waals surface area contributed by atoms with Crippen LogP contribution in [-0.2, 0) is 0 Å². The zero-order chi connectivity index (χ0) is 14.2. The fourth-order valence-electron chi connectivity index (χ4n) is 1.97. The van der Waals surface area contributed by atoms with E-state index >= 15 is 0 Å². The van der Waals surface area contributed by atoms with Crippen molar-refractivity contribution in [1.29, 1.82) is 0 Å². The second-order valence-corrected chi connectivity index (χ2v) is 5.46. The van der Waals surface area contributed by atoms with Gasteiger partial charge in [-0.3, -0.25) is 0 Å². The first-order chi connectivity index (χ1) is 8.91. The van der Waals surface area contributed by atoms with E-state index in [2.05, 4.69) is 15.9 Å². The Morgan fingerprint density at radius 2 is 1.68 bits per heavy atom. The molecule has 100 valence electrons. The quantitative estimate of drug-likeness (QED) is 0.870. The van der Waals surface area contributed by atoms with Gasteiger partial charge in [-0.1, -0.05) is 45.8 Å². The summed E-state index contributed by atoms with van der Waals surface area (Å²) in [5.41, 5.74) is 8.26. The Balaban J connectivity index is 2.53. The molecule has 4 heteroatoms. The Bertz CT molecular complexity index is 626. The molecule has 0 aliphatic rings. The van der Waals surface area contributed by atoms with Gasteiger partial charge in [-0.25, -0.2) is 8.78 Å². The topological polar surface area (TPSA) is 26.0 Å². The minimum absolute atomic E-state index is 0.161. The molecule has 19 heavy (non-hydrogen) atoms. The number of nitrogens with two attached hydrogens (primary N) is 1. The van der Waals surface area contributed by atoms with Crippen molar-refractivity contribution in [2.24, 2.45) is 5.73 Å². The fraction of sp³-hybridized carbons (Fsp3) is 0.200. The summed E-state index contributed by atoms with van der Waals surface area (Å²) >= 11 is 3.39. The summed E-state index contributed by atoms with van der Waals surface area (Å²) in [6, 6.07) is 8.01. The molecule has 2 rings (SSSR count). The summed E-state index contributed by atoms with van der Waals surface area (Å²) in [5.74, 6) is -1.71. The number of benzene rings is 2. The first-order valence-corrected chi connectivity index (χ1v) is 6.67. The highest BCUT2D eigenvalue weighted by atomic mass is 79.9. The second-order valence-electron chi connectivity index (χ2n) is 4.60. The van der Waals surface area contributed by atoms with E-state index < -0.39 is 17.7 Å². The van der Waals surface area contributed by atoms with Gasteiger partial charge in [0.1, 0.15) is 0 Å². The molecule has 1 atom stereocenters. The normalized spacial score (nSPS) is 12.5. The highest BCUT2D eigenvalue weighted by Crippen LogP contribution is 2.30. The third-order valence-corrected chi connectivity index (χ3v) is 3.85. The summed E-state index contributed by atoms with van der Waals surface area (Å²) in [4.78, 5) is 0. The molecule has 1 unspecified atom stereocenters. The molecular weight excluding hydrogens is 312 g/mol. The number of hydrogen-bond donors (Lipinski definition) is 1. The van der Waals surface area contributed by atoms with Gasteiger partial charge in [0, 0.05) is 10.0 Å². The van der Waals surface area contributed by atoms with E-state index in [1.165, 1.54) is 19.1 Å². The van der Waals surface area contributed by atoms with Crippen molar-refractivity contribution in [3.05, 3.63) is 68.7 Å². The van der Waals surface area contributed by atoms with E-state index in [1.54, 1.807) is 0 Å². The highest BCUT2D eigenvalue weighted by Gasteiger charge is 2.19. The first kappa shape index (κ1) is 14.2. The Morgan fingerprint density at radius 1 is 1.00 bits per heavy atom. The molecule has 0 saturated carbocycles. The summed E-state index contributed by atoms with van der Waals surface area (Å²) in [7, 11) is 0. The summed E-state index contributed by atoms with van der Waals surface area (Å²) in [6.07, 6.45) is 0. The van der Waals surface area contributed by atoms with Gasteiger partial charge in [0.05, 0.1) is 6.04 Å². The van der Waals surface area contributed by atoms with Crippen LogP contribution in [0, 0.1) is 25.5 Å². The van der Waals surface area contributed by atoms with Crippen LogP contribution < -0.4 is 5.73 Å². The van der Waals surface area contributed by atoms with Crippen LogP contribution in [-0.4, -0.2) is 0 Å². The second kappa shape index (κ2) is 5.39. The van der Waals surface area contributed by atoms with Gasteiger partial charge in [0.25, 0.3) is 0 Å². The van der Waals surface area contributed by atoms with Gasteiger partial charge in [0.15, 0.2) is 11.6 Å². The molecule has 0 aliphatic carbocycles.